The Hall–Kier alpha value is -1.87. The highest BCUT2D eigenvalue weighted by molar-refractivity contribution is 7.92. The lowest BCUT2D eigenvalue weighted by Gasteiger charge is -2.06. The van der Waals surface area contributed by atoms with E-state index in [-0.39, 0.29) is 15.6 Å². The van der Waals surface area contributed by atoms with Gasteiger partial charge in [0.1, 0.15) is 5.00 Å². The number of esters is 1. The van der Waals surface area contributed by atoms with E-state index >= 15 is 0 Å². The average molecular weight is 315 g/mol. The molecule has 2 heterocycles. The zero-order valence-electron chi connectivity index (χ0n) is 11.1. The van der Waals surface area contributed by atoms with Gasteiger partial charge >= 0.3 is 5.97 Å². The first kappa shape index (κ1) is 14.5. The number of methoxy groups -OCH3 is 1. The van der Waals surface area contributed by atoms with Crippen molar-refractivity contribution < 1.29 is 17.9 Å². The van der Waals surface area contributed by atoms with Gasteiger partial charge in [-0.05, 0) is 19.4 Å². The lowest BCUT2D eigenvalue weighted by molar-refractivity contribution is 0.0601. The maximum absolute atomic E-state index is 12.1. The number of hydrogen-bond donors (Lipinski definition) is 2. The SMILES string of the molecule is COC(=O)c1c(NS(=O)(=O)c2cnc[nH]2)sc(C)c1C. The van der Waals surface area contributed by atoms with Crippen molar-refractivity contribution >= 4 is 32.3 Å². The fourth-order valence-electron chi connectivity index (χ4n) is 1.61. The number of nitrogens with one attached hydrogen (secondary N) is 2. The summed E-state index contributed by atoms with van der Waals surface area (Å²) in [6, 6.07) is 0. The van der Waals surface area contributed by atoms with Gasteiger partial charge in [-0.2, -0.15) is 8.42 Å². The predicted molar refractivity (Wildman–Crippen MR) is 74.5 cm³/mol. The molecule has 2 aromatic rings. The number of anilines is 1. The Labute approximate surface area is 120 Å². The molecule has 2 rings (SSSR count). The van der Waals surface area contributed by atoms with Crippen LogP contribution in [0, 0.1) is 13.8 Å². The van der Waals surface area contributed by atoms with Gasteiger partial charge in [0.15, 0.2) is 5.03 Å². The van der Waals surface area contributed by atoms with Gasteiger partial charge < -0.3 is 9.72 Å². The quantitative estimate of drug-likeness (QED) is 0.836. The van der Waals surface area contributed by atoms with Crippen LogP contribution >= 0.6 is 11.3 Å². The Morgan fingerprint density at radius 2 is 2.15 bits per heavy atom. The Bertz CT molecular complexity index is 732. The first-order valence-corrected chi connectivity index (χ1v) is 7.86. The largest absolute Gasteiger partial charge is 0.465 e. The molecule has 0 aromatic carbocycles. The maximum Gasteiger partial charge on any atom is 0.341 e. The van der Waals surface area contributed by atoms with Crippen molar-refractivity contribution in [2.75, 3.05) is 11.8 Å². The third kappa shape index (κ3) is 2.54. The number of thiophene rings is 1. The van der Waals surface area contributed by atoms with E-state index in [4.69, 9.17) is 0 Å². The maximum atomic E-state index is 12.1. The molecule has 0 aliphatic rings. The highest BCUT2D eigenvalue weighted by Gasteiger charge is 2.25. The zero-order valence-corrected chi connectivity index (χ0v) is 12.7. The fraction of sp³-hybridized carbons (Fsp3) is 0.273. The van der Waals surface area contributed by atoms with Crippen molar-refractivity contribution in [1.82, 2.24) is 9.97 Å². The van der Waals surface area contributed by atoms with Crippen molar-refractivity contribution in [3.63, 3.8) is 0 Å². The highest BCUT2D eigenvalue weighted by Crippen LogP contribution is 2.34. The molecular weight excluding hydrogens is 302 g/mol. The molecule has 2 N–H and O–H groups in total. The summed E-state index contributed by atoms with van der Waals surface area (Å²) >= 11 is 1.18. The minimum absolute atomic E-state index is 0.0722. The summed E-state index contributed by atoms with van der Waals surface area (Å²) in [6.45, 7) is 3.55. The topological polar surface area (TPSA) is 101 Å². The highest BCUT2D eigenvalue weighted by atomic mass is 32.2. The van der Waals surface area contributed by atoms with Crippen LogP contribution in [0.25, 0.3) is 0 Å². The monoisotopic (exact) mass is 315 g/mol. The minimum Gasteiger partial charge on any atom is -0.465 e. The molecule has 0 atom stereocenters. The van der Waals surface area contributed by atoms with Crippen LogP contribution in [0.5, 0.6) is 0 Å². The number of ether oxygens (including phenoxy) is 1. The smallest absolute Gasteiger partial charge is 0.341 e. The van der Waals surface area contributed by atoms with Crippen molar-refractivity contribution in [1.29, 1.82) is 0 Å². The second-order valence-electron chi connectivity index (χ2n) is 4.00. The standard InChI is InChI=1S/C11H13N3O4S2/c1-6-7(2)19-10(9(6)11(15)18-3)14-20(16,17)8-4-12-5-13-8/h4-5,14H,1-3H3,(H,12,13). The summed E-state index contributed by atoms with van der Waals surface area (Å²) in [5.41, 5.74) is 0.933. The first-order chi connectivity index (χ1) is 9.36. The number of sulfonamides is 1. The van der Waals surface area contributed by atoms with E-state index in [0.29, 0.717) is 5.56 Å². The van der Waals surface area contributed by atoms with Crippen LogP contribution in [0.2, 0.25) is 0 Å². The molecule has 0 saturated carbocycles. The molecule has 0 bridgehead atoms. The molecule has 0 unspecified atom stereocenters. The van der Waals surface area contributed by atoms with Crippen molar-refractivity contribution in [2.24, 2.45) is 0 Å². The van der Waals surface area contributed by atoms with E-state index in [1.807, 2.05) is 0 Å². The fourth-order valence-corrected chi connectivity index (χ4v) is 3.87. The number of aryl methyl sites for hydroxylation is 1. The van der Waals surface area contributed by atoms with E-state index in [2.05, 4.69) is 19.4 Å². The van der Waals surface area contributed by atoms with Gasteiger partial charge in [0.25, 0.3) is 10.0 Å². The second-order valence-corrected chi connectivity index (χ2v) is 6.88. The summed E-state index contributed by atoms with van der Waals surface area (Å²) < 4.78 is 31.3. The number of carbonyl (C=O) groups excluding carboxylic acids is 1. The lowest BCUT2D eigenvalue weighted by atomic mass is 10.2. The summed E-state index contributed by atoms with van der Waals surface area (Å²) in [4.78, 5) is 18.8. The van der Waals surface area contributed by atoms with E-state index in [9.17, 15) is 13.2 Å². The van der Waals surface area contributed by atoms with Crippen molar-refractivity contribution in [2.45, 2.75) is 18.9 Å². The van der Waals surface area contributed by atoms with E-state index in [1.54, 1.807) is 13.8 Å². The molecule has 0 spiro atoms. The van der Waals surface area contributed by atoms with Crippen LogP contribution in [0.1, 0.15) is 20.8 Å². The predicted octanol–water partition coefficient (Wildman–Crippen LogP) is 1.68. The Morgan fingerprint density at radius 3 is 2.70 bits per heavy atom. The number of nitrogens with zero attached hydrogens (tertiary/aromatic N) is 1. The summed E-state index contributed by atoms with van der Waals surface area (Å²) in [7, 11) is -2.55. The molecule has 0 aliphatic heterocycles. The molecule has 0 radical (unpaired) electrons. The molecule has 108 valence electrons. The molecule has 0 saturated heterocycles. The molecule has 0 amide bonds. The zero-order chi connectivity index (χ0) is 14.9. The number of carbonyl (C=O) groups is 1. The van der Waals surface area contributed by atoms with Gasteiger partial charge in [0.05, 0.1) is 25.2 Å². The summed E-state index contributed by atoms with van der Waals surface area (Å²) in [5, 5.41) is 0.165. The Kier molecular flexibility index (Phi) is 3.82. The second kappa shape index (κ2) is 5.25. The summed E-state index contributed by atoms with van der Waals surface area (Å²) in [5.74, 6) is -0.575. The van der Waals surface area contributed by atoms with Gasteiger partial charge in [-0.1, -0.05) is 0 Å². The lowest BCUT2D eigenvalue weighted by Crippen LogP contribution is -2.15. The molecule has 7 nitrogen and oxygen atoms in total. The van der Waals surface area contributed by atoms with Gasteiger partial charge in [0.2, 0.25) is 0 Å². The normalized spacial score (nSPS) is 11.3. The number of imidazole rings is 1. The van der Waals surface area contributed by atoms with Crippen LogP contribution in [-0.2, 0) is 14.8 Å². The van der Waals surface area contributed by atoms with E-state index in [1.165, 1.54) is 31.0 Å². The Balaban J connectivity index is 2.45. The number of aromatic amines is 1. The van der Waals surface area contributed by atoms with Gasteiger partial charge in [-0.3, -0.25) is 4.72 Å². The Morgan fingerprint density at radius 1 is 1.45 bits per heavy atom. The van der Waals surface area contributed by atoms with Crippen molar-refractivity contribution in [3.05, 3.63) is 28.5 Å². The third-order valence-electron chi connectivity index (χ3n) is 2.76. The van der Waals surface area contributed by atoms with Crippen LogP contribution in [-0.4, -0.2) is 31.5 Å². The number of rotatable bonds is 4. The number of aromatic nitrogens is 2. The van der Waals surface area contributed by atoms with Crippen LogP contribution in [0.4, 0.5) is 5.00 Å². The number of H-pyrrole nitrogens is 1. The van der Waals surface area contributed by atoms with Gasteiger partial charge in [-0.15, -0.1) is 11.3 Å². The van der Waals surface area contributed by atoms with Gasteiger partial charge in [0, 0.05) is 4.88 Å². The van der Waals surface area contributed by atoms with Gasteiger partial charge in [-0.25, -0.2) is 9.78 Å². The molecule has 0 aliphatic carbocycles. The number of hydrogen-bond acceptors (Lipinski definition) is 6. The third-order valence-corrected chi connectivity index (χ3v) is 5.29. The molecular formula is C11H13N3O4S2. The van der Waals surface area contributed by atoms with Crippen LogP contribution in [0.3, 0.4) is 0 Å². The molecule has 2 aromatic heterocycles. The average Bonchev–Trinajstić information content (AvgIpc) is 2.99. The first-order valence-electron chi connectivity index (χ1n) is 5.56. The molecule has 20 heavy (non-hydrogen) atoms. The van der Waals surface area contributed by atoms with E-state index < -0.39 is 16.0 Å². The van der Waals surface area contributed by atoms with Crippen molar-refractivity contribution in [3.8, 4) is 0 Å². The minimum atomic E-state index is -3.80. The van der Waals surface area contributed by atoms with E-state index in [0.717, 1.165) is 4.88 Å². The molecule has 0 fully saturated rings. The van der Waals surface area contributed by atoms with Crippen LogP contribution in [0.15, 0.2) is 17.6 Å². The molecule has 9 heteroatoms. The summed E-state index contributed by atoms with van der Waals surface area (Å²) in [6.07, 6.45) is 2.45. The van der Waals surface area contributed by atoms with Crippen LogP contribution < -0.4 is 4.72 Å².